The number of amides is 2. The first-order valence-corrected chi connectivity index (χ1v) is 11.6. The SMILES string of the molecule is CN(C)CCNC(=O)c1cn2c(C(=O)NCC34CC5CC(CC(C5)C3)C4)cccc2n1. The van der Waals surface area contributed by atoms with Gasteiger partial charge < -0.3 is 15.5 Å². The third kappa shape index (κ3) is 4.07. The standard InChI is InChI=1S/C24H33N5O2/c1-28(2)7-6-25-22(30)19-14-29-20(4-3-5-21(29)27-19)23(31)26-15-24-11-16-8-17(12-24)10-18(9-16)13-24/h3-5,14,16-18H,6-13,15H2,1-2H3,(H,25,30)(H,26,31). The van der Waals surface area contributed by atoms with Crippen LogP contribution >= 0.6 is 0 Å². The third-order valence-corrected chi connectivity index (χ3v) is 7.59. The van der Waals surface area contributed by atoms with Gasteiger partial charge >= 0.3 is 0 Å². The molecule has 7 heteroatoms. The zero-order valence-corrected chi connectivity index (χ0v) is 18.6. The highest BCUT2D eigenvalue weighted by Gasteiger charge is 2.50. The van der Waals surface area contributed by atoms with Crippen molar-refractivity contribution in [3.05, 3.63) is 35.8 Å². The van der Waals surface area contributed by atoms with Crippen molar-refractivity contribution in [2.75, 3.05) is 33.7 Å². The highest BCUT2D eigenvalue weighted by atomic mass is 16.2. The molecule has 2 heterocycles. The molecular formula is C24H33N5O2. The Morgan fingerprint density at radius 1 is 1.06 bits per heavy atom. The van der Waals surface area contributed by atoms with Crippen molar-refractivity contribution in [2.24, 2.45) is 23.2 Å². The Bertz CT molecular complexity index is 960. The summed E-state index contributed by atoms with van der Waals surface area (Å²) in [6.45, 7) is 2.08. The molecule has 0 saturated heterocycles. The fraction of sp³-hybridized carbons (Fsp3) is 0.625. The van der Waals surface area contributed by atoms with E-state index in [1.165, 1.54) is 38.5 Å². The number of hydrogen-bond acceptors (Lipinski definition) is 4. The van der Waals surface area contributed by atoms with Gasteiger partial charge in [0.1, 0.15) is 17.0 Å². The minimum Gasteiger partial charge on any atom is -0.350 e. The maximum absolute atomic E-state index is 13.1. The van der Waals surface area contributed by atoms with E-state index in [0.717, 1.165) is 30.8 Å². The van der Waals surface area contributed by atoms with Crippen molar-refractivity contribution in [3.8, 4) is 0 Å². The van der Waals surface area contributed by atoms with Crippen LogP contribution in [0.3, 0.4) is 0 Å². The first kappa shape index (κ1) is 20.5. The van der Waals surface area contributed by atoms with Gasteiger partial charge in [-0.1, -0.05) is 6.07 Å². The molecule has 4 fully saturated rings. The maximum atomic E-state index is 13.1. The van der Waals surface area contributed by atoms with Crippen LogP contribution in [0.1, 0.15) is 59.5 Å². The Labute approximate surface area is 183 Å². The predicted octanol–water partition coefficient (Wildman–Crippen LogP) is 2.57. The fourth-order valence-corrected chi connectivity index (χ4v) is 6.65. The molecule has 7 nitrogen and oxygen atoms in total. The average Bonchev–Trinajstić information content (AvgIpc) is 3.15. The molecule has 0 atom stereocenters. The van der Waals surface area contributed by atoms with E-state index in [1.807, 2.05) is 31.1 Å². The van der Waals surface area contributed by atoms with Gasteiger partial charge in [0, 0.05) is 25.8 Å². The fourth-order valence-electron chi connectivity index (χ4n) is 6.65. The lowest BCUT2D eigenvalue weighted by Crippen LogP contribution is -2.51. The molecule has 2 aromatic heterocycles. The summed E-state index contributed by atoms with van der Waals surface area (Å²) in [5, 5.41) is 6.12. The third-order valence-electron chi connectivity index (χ3n) is 7.59. The van der Waals surface area contributed by atoms with Crippen molar-refractivity contribution < 1.29 is 9.59 Å². The van der Waals surface area contributed by atoms with Gasteiger partial charge in [-0.25, -0.2) is 4.98 Å². The number of carbonyl (C=O) groups excluding carboxylic acids is 2. The number of hydrogen-bond donors (Lipinski definition) is 2. The molecule has 4 aliphatic carbocycles. The first-order valence-electron chi connectivity index (χ1n) is 11.6. The van der Waals surface area contributed by atoms with Crippen LogP contribution in [-0.2, 0) is 0 Å². The molecule has 0 aromatic carbocycles. The number of imidazole rings is 1. The van der Waals surface area contributed by atoms with Crippen molar-refractivity contribution in [1.82, 2.24) is 24.9 Å². The molecule has 4 bridgehead atoms. The number of likely N-dealkylation sites (N-methyl/N-ethyl adjacent to an activating group) is 1. The van der Waals surface area contributed by atoms with E-state index in [-0.39, 0.29) is 11.8 Å². The first-order chi connectivity index (χ1) is 14.9. The van der Waals surface area contributed by atoms with E-state index >= 15 is 0 Å². The number of carbonyl (C=O) groups is 2. The van der Waals surface area contributed by atoms with Crippen LogP contribution in [0, 0.1) is 23.2 Å². The van der Waals surface area contributed by atoms with Crippen LogP contribution in [-0.4, -0.2) is 59.8 Å². The van der Waals surface area contributed by atoms with E-state index in [2.05, 4.69) is 15.6 Å². The van der Waals surface area contributed by atoms with Crippen LogP contribution in [0.2, 0.25) is 0 Å². The van der Waals surface area contributed by atoms with Gasteiger partial charge in [0.2, 0.25) is 0 Å². The molecule has 2 amide bonds. The molecular weight excluding hydrogens is 390 g/mol. The maximum Gasteiger partial charge on any atom is 0.271 e. The highest BCUT2D eigenvalue weighted by Crippen LogP contribution is 2.59. The van der Waals surface area contributed by atoms with Gasteiger partial charge in [-0.05, 0) is 87.9 Å². The lowest BCUT2D eigenvalue weighted by atomic mass is 9.49. The summed E-state index contributed by atoms with van der Waals surface area (Å²) in [4.78, 5) is 32.0. The summed E-state index contributed by atoms with van der Waals surface area (Å²) < 4.78 is 1.73. The number of rotatable bonds is 7. The minimum atomic E-state index is -0.217. The second-order valence-corrected chi connectivity index (χ2v) is 10.4. The summed E-state index contributed by atoms with van der Waals surface area (Å²) in [5.74, 6) is 2.31. The van der Waals surface area contributed by atoms with Crippen LogP contribution in [0.4, 0.5) is 0 Å². The summed E-state index contributed by atoms with van der Waals surface area (Å²) in [6.07, 6.45) is 9.69. The smallest absolute Gasteiger partial charge is 0.271 e. The summed E-state index contributed by atoms with van der Waals surface area (Å²) >= 11 is 0. The van der Waals surface area contributed by atoms with Crippen LogP contribution in [0.5, 0.6) is 0 Å². The van der Waals surface area contributed by atoms with E-state index < -0.39 is 0 Å². The van der Waals surface area contributed by atoms with Gasteiger partial charge in [-0.15, -0.1) is 0 Å². The van der Waals surface area contributed by atoms with Crippen molar-refractivity contribution in [2.45, 2.75) is 38.5 Å². The zero-order valence-electron chi connectivity index (χ0n) is 18.6. The second kappa shape index (κ2) is 7.93. The molecule has 0 spiro atoms. The number of aromatic nitrogens is 2. The molecule has 2 aromatic rings. The van der Waals surface area contributed by atoms with Crippen molar-refractivity contribution >= 4 is 17.5 Å². The van der Waals surface area contributed by atoms with Gasteiger partial charge in [-0.3, -0.25) is 14.0 Å². The topological polar surface area (TPSA) is 78.7 Å². The molecule has 0 unspecified atom stereocenters. The molecule has 166 valence electrons. The molecule has 2 N–H and O–H groups in total. The largest absolute Gasteiger partial charge is 0.350 e. The quantitative estimate of drug-likeness (QED) is 0.718. The molecule has 31 heavy (non-hydrogen) atoms. The monoisotopic (exact) mass is 423 g/mol. The molecule has 0 radical (unpaired) electrons. The Morgan fingerprint density at radius 2 is 1.74 bits per heavy atom. The van der Waals surface area contributed by atoms with Crippen LogP contribution in [0.15, 0.2) is 24.4 Å². The minimum absolute atomic E-state index is 0.0849. The summed E-state index contributed by atoms with van der Waals surface area (Å²) in [6, 6.07) is 5.46. The zero-order chi connectivity index (χ0) is 21.6. The van der Waals surface area contributed by atoms with E-state index in [9.17, 15) is 9.59 Å². The number of fused-ring (bicyclic) bond motifs is 1. The molecule has 4 saturated carbocycles. The number of pyridine rings is 1. The number of nitrogens with zero attached hydrogens (tertiary/aromatic N) is 3. The van der Waals surface area contributed by atoms with E-state index in [4.69, 9.17) is 0 Å². The Balaban J connectivity index is 1.28. The predicted molar refractivity (Wildman–Crippen MR) is 119 cm³/mol. The normalized spacial score (nSPS) is 28.9. The van der Waals surface area contributed by atoms with Crippen LogP contribution in [0.25, 0.3) is 5.65 Å². The van der Waals surface area contributed by atoms with E-state index in [0.29, 0.717) is 29.0 Å². The van der Waals surface area contributed by atoms with Gasteiger partial charge in [0.05, 0.1) is 0 Å². The highest BCUT2D eigenvalue weighted by molar-refractivity contribution is 5.95. The van der Waals surface area contributed by atoms with Crippen molar-refractivity contribution in [3.63, 3.8) is 0 Å². The average molecular weight is 424 g/mol. The number of nitrogens with one attached hydrogen (secondary N) is 2. The Hall–Kier alpha value is -2.41. The van der Waals surface area contributed by atoms with Gasteiger partial charge in [-0.2, -0.15) is 0 Å². The lowest BCUT2D eigenvalue weighted by molar-refractivity contribution is -0.0503. The lowest BCUT2D eigenvalue weighted by Gasteiger charge is -2.56. The summed E-state index contributed by atoms with van der Waals surface area (Å²) in [5.41, 5.74) is 1.77. The molecule has 6 rings (SSSR count). The van der Waals surface area contributed by atoms with Gasteiger partial charge in [0.15, 0.2) is 0 Å². The van der Waals surface area contributed by atoms with Crippen molar-refractivity contribution in [1.29, 1.82) is 0 Å². The Kier molecular flexibility index (Phi) is 5.24. The van der Waals surface area contributed by atoms with Gasteiger partial charge in [0.25, 0.3) is 11.8 Å². The van der Waals surface area contributed by atoms with E-state index in [1.54, 1.807) is 16.7 Å². The summed E-state index contributed by atoms with van der Waals surface area (Å²) in [7, 11) is 3.93. The Morgan fingerprint density at radius 3 is 2.39 bits per heavy atom. The second-order valence-electron chi connectivity index (χ2n) is 10.4. The molecule has 4 aliphatic rings. The molecule has 0 aliphatic heterocycles. The van der Waals surface area contributed by atoms with Crippen LogP contribution < -0.4 is 10.6 Å².